The zero-order chi connectivity index (χ0) is 12.8. The average Bonchev–Trinajstić information content (AvgIpc) is 2.40. The summed E-state index contributed by atoms with van der Waals surface area (Å²) in [6.07, 6.45) is 13.6. The zero-order valence-electron chi connectivity index (χ0n) is 12.1. The molecule has 18 heavy (non-hydrogen) atoms. The molecule has 2 aliphatic carbocycles. The van der Waals surface area contributed by atoms with Gasteiger partial charge in [-0.1, -0.05) is 45.4 Å². The van der Waals surface area contributed by atoms with Gasteiger partial charge in [0.2, 0.25) is 0 Å². The fourth-order valence-corrected chi connectivity index (χ4v) is 3.90. The number of rotatable bonds is 1. The molecule has 2 N–H and O–H groups in total. The minimum Gasteiger partial charge on any atom is -0.393 e. The quantitative estimate of drug-likeness (QED) is 0.750. The van der Waals surface area contributed by atoms with E-state index in [0.29, 0.717) is 5.41 Å². The molecular weight excluding hydrogens is 222 g/mol. The van der Waals surface area contributed by atoms with Gasteiger partial charge in [0.1, 0.15) is 0 Å². The summed E-state index contributed by atoms with van der Waals surface area (Å²) < 4.78 is 0. The summed E-state index contributed by atoms with van der Waals surface area (Å²) >= 11 is 0. The number of aliphatic hydroxyl groups is 1. The Hall–Kier alpha value is -0.0800. The standard InChI is InChI=1S/C8H15NO.C8H16/c10-7-5-8(6-7)1-3-9-4-2-8;1-2-8-6-4-3-5-7-8/h7,9-10H,1-6H2;8H,2-7H2,1H3. The van der Waals surface area contributed by atoms with Gasteiger partial charge in [-0.15, -0.1) is 0 Å². The highest BCUT2D eigenvalue weighted by Gasteiger charge is 2.43. The number of nitrogens with one attached hydrogen (secondary N) is 1. The van der Waals surface area contributed by atoms with E-state index in [1.54, 1.807) is 0 Å². The van der Waals surface area contributed by atoms with Gasteiger partial charge in [-0.2, -0.15) is 0 Å². The lowest BCUT2D eigenvalue weighted by atomic mass is 9.62. The molecule has 3 aliphatic rings. The summed E-state index contributed by atoms with van der Waals surface area (Å²) in [4.78, 5) is 0. The van der Waals surface area contributed by atoms with Crippen LogP contribution in [0, 0.1) is 11.3 Å². The van der Waals surface area contributed by atoms with Crippen LogP contribution in [0.2, 0.25) is 0 Å². The Balaban J connectivity index is 0.000000138. The number of hydrogen-bond acceptors (Lipinski definition) is 2. The van der Waals surface area contributed by atoms with Crippen LogP contribution in [0.25, 0.3) is 0 Å². The predicted molar refractivity (Wildman–Crippen MR) is 76.6 cm³/mol. The van der Waals surface area contributed by atoms with Crippen molar-refractivity contribution in [3.63, 3.8) is 0 Å². The molecule has 3 fully saturated rings. The first kappa shape index (κ1) is 14.3. The van der Waals surface area contributed by atoms with Crippen LogP contribution in [0.5, 0.6) is 0 Å². The van der Waals surface area contributed by atoms with Gasteiger partial charge in [-0.3, -0.25) is 0 Å². The minimum absolute atomic E-state index is 0.0260. The first-order valence-corrected chi connectivity index (χ1v) is 8.13. The van der Waals surface area contributed by atoms with Crippen molar-refractivity contribution >= 4 is 0 Å². The lowest BCUT2D eigenvalue weighted by molar-refractivity contribution is -0.0497. The first-order valence-electron chi connectivity index (χ1n) is 8.13. The third kappa shape index (κ3) is 3.96. The Labute approximate surface area is 113 Å². The highest BCUT2D eigenvalue weighted by atomic mass is 16.3. The smallest absolute Gasteiger partial charge is 0.0550 e. The molecule has 3 rings (SSSR count). The van der Waals surface area contributed by atoms with Crippen LogP contribution in [0.4, 0.5) is 0 Å². The van der Waals surface area contributed by atoms with Crippen LogP contribution in [-0.2, 0) is 0 Å². The van der Waals surface area contributed by atoms with Gasteiger partial charge in [0.05, 0.1) is 6.10 Å². The SMILES string of the molecule is CCC1CCCCC1.OC1CC2(CCNCC2)C1. The maximum atomic E-state index is 9.14. The first-order chi connectivity index (χ1) is 8.74. The highest BCUT2D eigenvalue weighted by Crippen LogP contribution is 2.47. The maximum absolute atomic E-state index is 9.14. The molecular formula is C16H31NO. The zero-order valence-corrected chi connectivity index (χ0v) is 12.1. The van der Waals surface area contributed by atoms with Gasteiger partial charge in [0.25, 0.3) is 0 Å². The van der Waals surface area contributed by atoms with Gasteiger partial charge in [0.15, 0.2) is 0 Å². The van der Waals surface area contributed by atoms with Crippen molar-refractivity contribution in [3.05, 3.63) is 0 Å². The summed E-state index contributed by atoms with van der Waals surface area (Å²) in [5.41, 5.74) is 0.560. The molecule has 0 radical (unpaired) electrons. The second-order valence-electron chi connectivity index (χ2n) is 6.72. The summed E-state index contributed by atoms with van der Waals surface area (Å²) in [6.45, 7) is 4.63. The van der Waals surface area contributed by atoms with E-state index in [1.165, 1.54) is 51.4 Å². The molecule has 1 spiro atoms. The number of piperidine rings is 1. The molecule has 0 unspecified atom stereocenters. The highest BCUT2D eigenvalue weighted by molar-refractivity contribution is 4.96. The van der Waals surface area contributed by atoms with E-state index in [-0.39, 0.29) is 6.10 Å². The molecule has 0 amide bonds. The lowest BCUT2D eigenvalue weighted by Crippen LogP contribution is -2.47. The van der Waals surface area contributed by atoms with E-state index in [4.69, 9.17) is 5.11 Å². The van der Waals surface area contributed by atoms with E-state index in [9.17, 15) is 0 Å². The summed E-state index contributed by atoms with van der Waals surface area (Å²) in [7, 11) is 0. The van der Waals surface area contributed by atoms with E-state index >= 15 is 0 Å². The molecule has 1 heterocycles. The second kappa shape index (κ2) is 6.91. The van der Waals surface area contributed by atoms with E-state index < -0.39 is 0 Å². The monoisotopic (exact) mass is 253 g/mol. The van der Waals surface area contributed by atoms with Crippen molar-refractivity contribution in [2.24, 2.45) is 11.3 Å². The molecule has 2 nitrogen and oxygen atoms in total. The molecule has 0 atom stereocenters. The fourth-order valence-electron chi connectivity index (χ4n) is 3.90. The topological polar surface area (TPSA) is 32.3 Å². The van der Waals surface area contributed by atoms with E-state index in [0.717, 1.165) is 31.8 Å². The van der Waals surface area contributed by atoms with Crippen molar-refractivity contribution in [1.29, 1.82) is 0 Å². The third-order valence-electron chi connectivity index (χ3n) is 5.30. The molecule has 0 aromatic rings. The lowest BCUT2D eigenvalue weighted by Gasteiger charge is -2.48. The molecule has 1 aliphatic heterocycles. The molecule has 1 saturated heterocycles. The van der Waals surface area contributed by atoms with Crippen molar-refractivity contribution in [1.82, 2.24) is 5.32 Å². The average molecular weight is 253 g/mol. The Morgan fingerprint density at radius 3 is 2.11 bits per heavy atom. The van der Waals surface area contributed by atoms with Crippen LogP contribution >= 0.6 is 0 Å². The number of hydrogen-bond donors (Lipinski definition) is 2. The second-order valence-corrected chi connectivity index (χ2v) is 6.72. The normalized spacial score (nSPS) is 28.3. The minimum atomic E-state index is 0.0260. The summed E-state index contributed by atoms with van der Waals surface area (Å²) in [5.74, 6) is 1.09. The summed E-state index contributed by atoms with van der Waals surface area (Å²) in [6, 6.07) is 0. The largest absolute Gasteiger partial charge is 0.393 e. The predicted octanol–water partition coefficient (Wildman–Crippen LogP) is 3.49. The van der Waals surface area contributed by atoms with Crippen LogP contribution in [0.15, 0.2) is 0 Å². The van der Waals surface area contributed by atoms with Crippen LogP contribution in [0.3, 0.4) is 0 Å². The third-order valence-corrected chi connectivity index (χ3v) is 5.30. The Kier molecular flexibility index (Phi) is 5.50. The van der Waals surface area contributed by atoms with Gasteiger partial charge < -0.3 is 10.4 Å². The molecule has 0 aromatic carbocycles. The van der Waals surface area contributed by atoms with Gasteiger partial charge in [0, 0.05) is 0 Å². The van der Waals surface area contributed by atoms with Crippen molar-refractivity contribution in [3.8, 4) is 0 Å². The molecule has 2 heteroatoms. The van der Waals surface area contributed by atoms with Crippen molar-refractivity contribution in [2.75, 3.05) is 13.1 Å². The Morgan fingerprint density at radius 1 is 1.06 bits per heavy atom. The molecule has 2 saturated carbocycles. The Bertz CT molecular complexity index is 214. The molecule has 106 valence electrons. The van der Waals surface area contributed by atoms with Gasteiger partial charge in [-0.25, -0.2) is 0 Å². The van der Waals surface area contributed by atoms with Gasteiger partial charge in [-0.05, 0) is 50.1 Å². The van der Waals surface area contributed by atoms with Crippen LogP contribution in [-0.4, -0.2) is 24.3 Å². The molecule has 0 bridgehead atoms. The fraction of sp³-hybridized carbons (Fsp3) is 1.00. The van der Waals surface area contributed by atoms with Crippen LogP contribution in [0.1, 0.15) is 71.1 Å². The summed E-state index contributed by atoms with van der Waals surface area (Å²) in [5, 5.41) is 12.5. The van der Waals surface area contributed by atoms with Gasteiger partial charge >= 0.3 is 0 Å². The number of aliphatic hydroxyl groups excluding tert-OH is 1. The maximum Gasteiger partial charge on any atom is 0.0550 e. The van der Waals surface area contributed by atoms with E-state index in [2.05, 4.69) is 12.2 Å². The van der Waals surface area contributed by atoms with Crippen molar-refractivity contribution in [2.45, 2.75) is 77.2 Å². The van der Waals surface area contributed by atoms with Crippen LogP contribution < -0.4 is 5.32 Å². The Morgan fingerprint density at radius 2 is 1.67 bits per heavy atom. The van der Waals surface area contributed by atoms with Crippen molar-refractivity contribution < 1.29 is 5.11 Å². The molecule has 0 aromatic heterocycles. The van der Waals surface area contributed by atoms with E-state index in [1.807, 2.05) is 0 Å².